The first-order valence-corrected chi connectivity index (χ1v) is 8.13. The number of furan rings is 1. The maximum absolute atomic E-state index is 12.6. The van der Waals surface area contributed by atoms with Crippen molar-refractivity contribution in [3.8, 4) is 5.75 Å². The summed E-state index contributed by atoms with van der Waals surface area (Å²) in [7, 11) is 0. The third-order valence-electron chi connectivity index (χ3n) is 3.46. The standard InChI is InChI=1S/C19H18ClNO3/c1-12(2)23-17-15-10-14(20)8-9-16(15)24-18(17)19(22)21-11-13-6-4-3-5-7-13/h3-10,12H,11H2,1-2H3,(H,21,22). The van der Waals surface area contributed by atoms with Crippen molar-refractivity contribution >= 4 is 28.5 Å². The number of ether oxygens (including phenoxy) is 1. The van der Waals surface area contributed by atoms with Crippen molar-refractivity contribution in [2.75, 3.05) is 0 Å². The van der Waals surface area contributed by atoms with E-state index in [2.05, 4.69) is 5.32 Å². The van der Waals surface area contributed by atoms with Crippen molar-refractivity contribution in [2.24, 2.45) is 0 Å². The average Bonchev–Trinajstić information content (AvgIpc) is 2.91. The summed E-state index contributed by atoms with van der Waals surface area (Å²) in [6, 6.07) is 14.9. The van der Waals surface area contributed by atoms with Crippen molar-refractivity contribution in [3.63, 3.8) is 0 Å². The lowest BCUT2D eigenvalue weighted by Crippen LogP contribution is -2.23. The molecule has 0 atom stereocenters. The second-order valence-corrected chi connectivity index (χ2v) is 6.17. The summed E-state index contributed by atoms with van der Waals surface area (Å²) in [5.74, 6) is 0.270. The molecule has 1 heterocycles. The number of amides is 1. The van der Waals surface area contributed by atoms with Gasteiger partial charge in [-0.3, -0.25) is 4.79 Å². The minimum Gasteiger partial charge on any atom is -0.486 e. The Labute approximate surface area is 145 Å². The zero-order chi connectivity index (χ0) is 17.1. The van der Waals surface area contributed by atoms with Gasteiger partial charge in [-0.25, -0.2) is 0 Å². The van der Waals surface area contributed by atoms with E-state index in [1.807, 2.05) is 44.2 Å². The zero-order valence-electron chi connectivity index (χ0n) is 13.5. The lowest BCUT2D eigenvalue weighted by molar-refractivity contribution is 0.0917. The summed E-state index contributed by atoms with van der Waals surface area (Å²) in [6.45, 7) is 4.21. The Hall–Kier alpha value is -2.46. The summed E-state index contributed by atoms with van der Waals surface area (Å²) >= 11 is 6.06. The summed E-state index contributed by atoms with van der Waals surface area (Å²) < 4.78 is 11.5. The monoisotopic (exact) mass is 343 g/mol. The van der Waals surface area contributed by atoms with Crippen LogP contribution in [-0.2, 0) is 6.54 Å². The fraction of sp³-hybridized carbons (Fsp3) is 0.211. The number of carbonyl (C=O) groups is 1. The van der Waals surface area contributed by atoms with Crippen LogP contribution in [0.25, 0.3) is 11.0 Å². The number of halogens is 1. The van der Waals surface area contributed by atoms with Crippen molar-refractivity contribution in [1.82, 2.24) is 5.32 Å². The Morgan fingerprint density at radius 1 is 1.21 bits per heavy atom. The number of fused-ring (bicyclic) bond motifs is 1. The van der Waals surface area contributed by atoms with E-state index in [9.17, 15) is 4.79 Å². The summed E-state index contributed by atoms with van der Waals surface area (Å²) in [5.41, 5.74) is 1.58. The molecule has 0 saturated heterocycles. The molecule has 0 saturated carbocycles. The molecular weight excluding hydrogens is 326 g/mol. The van der Waals surface area contributed by atoms with Gasteiger partial charge in [0, 0.05) is 11.6 Å². The third-order valence-corrected chi connectivity index (χ3v) is 3.70. The van der Waals surface area contributed by atoms with E-state index in [0.29, 0.717) is 28.3 Å². The van der Waals surface area contributed by atoms with Crippen molar-refractivity contribution in [2.45, 2.75) is 26.5 Å². The molecule has 3 aromatic rings. The molecule has 1 N–H and O–H groups in total. The lowest BCUT2D eigenvalue weighted by Gasteiger charge is -2.10. The third kappa shape index (κ3) is 3.54. The van der Waals surface area contributed by atoms with E-state index >= 15 is 0 Å². The molecule has 4 nitrogen and oxygen atoms in total. The van der Waals surface area contributed by atoms with Gasteiger partial charge in [-0.15, -0.1) is 0 Å². The van der Waals surface area contributed by atoms with Gasteiger partial charge in [0.2, 0.25) is 5.76 Å². The normalized spacial score (nSPS) is 11.0. The van der Waals surface area contributed by atoms with Crippen LogP contribution in [0.2, 0.25) is 5.02 Å². The van der Waals surface area contributed by atoms with E-state index in [1.54, 1.807) is 18.2 Å². The topological polar surface area (TPSA) is 51.5 Å². The molecule has 1 amide bonds. The smallest absolute Gasteiger partial charge is 0.291 e. The molecular formula is C19H18ClNO3. The minimum atomic E-state index is -0.318. The molecule has 0 unspecified atom stereocenters. The van der Waals surface area contributed by atoms with Gasteiger partial charge in [0.05, 0.1) is 11.5 Å². The van der Waals surface area contributed by atoms with E-state index in [4.69, 9.17) is 20.8 Å². The van der Waals surface area contributed by atoms with Gasteiger partial charge in [-0.05, 0) is 37.6 Å². The summed E-state index contributed by atoms with van der Waals surface area (Å²) in [6.07, 6.45) is -0.0922. The van der Waals surface area contributed by atoms with Gasteiger partial charge in [0.1, 0.15) is 5.58 Å². The van der Waals surface area contributed by atoms with Crippen molar-refractivity contribution in [3.05, 3.63) is 64.9 Å². The Morgan fingerprint density at radius 2 is 1.96 bits per heavy atom. The minimum absolute atomic E-state index is 0.0922. The first-order valence-electron chi connectivity index (χ1n) is 7.75. The number of hydrogen-bond donors (Lipinski definition) is 1. The van der Waals surface area contributed by atoms with Gasteiger partial charge in [-0.1, -0.05) is 41.9 Å². The van der Waals surface area contributed by atoms with Crippen LogP contribution < -0.4 is 10.1 Å². The Morgan fingerprint density at radius 3 is 2.67 bits per heavy atom. The highest BCUT2D eigenvalue weighted by Gasteiger charge is 2.23. The fourth-order valence-corrected chi connectivity index (χ4v) is 2.58. The SMILES string of the molecule is CC(C)Oc1c(C(=O)NCc2ccccc2)oc2ccc(Cl)cc12. The van der Waals surface area contributed by atoms with E-state index < -0.39 is 0 Å². The van der Waals surface area contributed by atoms with E-state index in [-0.39, 0.29) is 17.8 Å². The highest BCUT2D eigenvalue weighted by atomic mass is 35.5. The molecule has 0 fully saturated rings. The molecule has 0 aliphatic heterocycles. The van der Waals surface area contributed by atoms with Crippen LogP contribution >= 0.6 is 11.6 Å². The van der Waals surface area contributed by atoms with Gasteiger partial charge in [-0.2, -0.15) is 0 Å². The number of benzene rings is 2. The van der Waals surface area contributed by atoms with Crippen LogP contribution in [0.3, 0.4) is 0 Å². The van der Waals surface area contributed by atoms with Crippen LogP contribution in [0.1, 0.15) is 30.0 Å². The zero-order valence-corrected chi connectivity index (χ0v) is 14.3. The Kier molecular flexibility index (Phi) is 4.76. The molecule has 3 rings (SSSR count). The van der Waals surface area contributed by atoms with Crippen LogP contribution in [0, 0.1) is 0 Å². The molecule has 0 spiro atoms. The summed E-state index contributed by atoms with van der Waals surface area (Å²) in [5, 5.41) is 4.12. The maximum atomic E-state index is 12.6. The first kappa shape index (κ1) is 16.4. The van der Waals surface area contributed by atoms with Crippen LogP contribution in [0.5, 0.6) is 5.75 Å². The highest BCUT2D eigenvalue weighted by molar-refractivity contribution is 6.31. The number of nitrogens with one attached hydrogen (secondary N) is 1. The average molecular weight is 344 g/mol. The van der Waals surface area contributed by atoms with Gasteiger partial charge < -0.3 is 14.5 Å². The number of rotatable bonds is 5. The maximum Gasteiger partial charge on any atom is 0.291 e. The molecule has 0 aliphatic rings. The fourth-order valence-electron chi connectivity index (χ4n) is 2.41. The van der Waals surface area contributed by atoms with Gasteiger partial charge >= 0.3 is 0 Å². The van der Waals surface area contributed by atoms with E-state index in [1.165, 1.54) is 0 Å². The number of carbonyl (C=O) groups excluding carboxylic acids is 1. The van der Waals surface area contributed by atoms with Crippen LogP contribution in [0.4, 0.5) is 0 Å². The second-order valence-electron chi connectivity index (χ2n) is 5.74. The quantitative estimate of drug-likeness (QED) is 0.723. The Balaban J connectivity index is 1.90. The molecule has 1 aromatic heterocycles. The second kappa shape index (κ2) is 6.97. The predicted molar refractivity (Wildman–Crippen MR) is 94.6 cm³/mol. The van der Waals surface area contributed by atoms with Gasteiger partial charge in [0.25, 0.3) is 5.91 Å². The summed E-state index contributed by atoms with van der Waals surface area (Å²) in [4.78, 5) is 12.6. The largest absolute Gasteiger partial charge is 0.486 e. The van der Waals surface area contributed by atoms with Crippen molar-refractivity contribution in [1.29, 1.82) is 0 Å². The molecule has 2 aromatic carbocycles. The molecule has 124 valence electrons. The first-order chi connectivity index (χ1) is 11.5. The molecule has 0 radical (unpaired) electrons. The molecule has 0 bridgehead atoms. The highest BCUT2D eigenvalue weighted by Crippen LogP contribution is 2.35. The van der Waals surface area contributed by atoms with Crippen molar-refractivity contribution < 1.29 is 13.9 Å². The van der Waals surface area contributed by atoms with E-state index in [0.717, 1.165) is 5.56 Å². The number of hydrogen-bond acceptors (Lipinski definition) is 3. The predicted octanol–water partition coefficient (Wildman–Crippen LogP) is 4.80. The molecule has 0 aliphatic carbocycles. The molecule has 24 heavy (non-hydrogen) atoms. The Bertz CT molecular complexity index is 856. The molecule has 5 heteroatoms. The van der Waals surface area contributed by atoms with Crippen LogP contribution in [0.15, 0.2) is 52.9 Å². The lowest BCUT2D eigenvalue weighted by atomic mass is 10.2. The van der Waals surface area contributed by atoms with Gasteiger partial charge in [0.15, 0.2) is 5.75 Å². The van der Waals surface area contributed by atoms with Crippen LogP contribution in [-0.4, -0.2) is 12.0 Å².